The minimum atomic E-state index is -0.299. The minimum absolute atomic E-state index is 0.0143. The molecule has 1 amide bonds. The van der Waals surface area contributed by atoms with Crippen molar-refractivity contribution in [3.8, 4) is 0 Å². The van der Waals surface area contributed by atoms with E-state index >= 15 is 0 Å². The smallest absolute Gasteiger partial charge is 0.311 e. The van der Waals surface area contributed by atoms with Crippen LogP contribution in [0.15, 0.2) is 10.4 Å². The maximum atomic E-state index is 11.5. The standard InChI is InChI=1S/C12H15N3O3S2/c1-3-8-10(17)14-12(20-8)15-11-13-7(6-19-11)5-9(16)18-4-2/h6,8H,3-5H2,1-2H3,(H,13,14,15,17). The van der Waals surface area contributed by atoms with Crippen molar-refractivity contribution in [2.75, 3.05) is 6.61 Å². The van der Waals surface area contributed by atoms with Gasteiger partial charge in [0.2, 0.25) is 11.0 Å². The number of amides is 1. The van der Waals surface area contributed by atoms with Crippen LogP contribution in [0, 0.1) is 0 Å². The van der Waals surface area contributed by atoms with E-state index in [2.05, 4.69) is 15.3 Å². The molecule has 1 fully saturated rings. The fourth-order valence-electron chi connectivity index (χ4n) is 1.60. The van der Waals surface area contributed by atoms with E-state index in [1.165, 1.54) is 23.1 Å². The molecular formula is C12H15N3O3S2. The monoisotopic (exact) mass is 313 g/mol. The first-order valence-corrected chi connectivity index (χ1v) is 8.04. The molecule has 0 radical (unpaired) electrons. The number of nitrogens with one attached hydrogen (secondary N) is 1. The van der Waals surface area contributed by atoms with Crippen molar-refractivity contribution in [3.05, 3.63) is 11.1 Å². The molecule has 1 aromatic rings. The molecule has 0 spiro atoms. The van der Waals surface area contributed by atoms with Gasteiger partial charge in [-0.1, -0.05) is 18.7 Å². The van der Waals surface area contributed by atoms with Gasteiger partial charge in [-0.25, -0.2) is 4.98 Å². The second kappa shape index (κ2) is 6.85. The third-order valence-electron chi connectivity index (χ3n) is 2.51. The molecule has 108 valence electrons. The highest BCUT2D eigenvalue weighted by Crippen LogP contribution is 2.26. The van der Waals surface area contributed by atoms with Crippen LogP contribution in [-0.4, -0.2) is 33.9 Å². The van der Waals surface area contributed by atoms with Crippen molar-refractivity contribution < 1.29 is 14.3 Å². The number of aromatic nitrogens is 1. The number of rotatable bonds is 5. The SMILES string of the molecule is CCOC(=O)Cc1csc(/N=C2/NC(=O)C(CC)S2)n1. The summed E-state index contributed by atoms with van der Waals surface area (Å²) in [6, 6.07) is 0. The first-order chi connectivity index (χ1) is 9.62. The maximum Gasteiger partial charge on any atom is 0.311 e. The molecule has 20 heavy (non-hydrogen) atoms. The van der Waals surface area contributed by atoms with Crippen LogP contribution >= 0.6 is 23.1 Å². The van der Waals surface area contributed by atoms with E-state index in [-0.39, 0.29) is 23.5 Å². The Hall–Kier alpha value is -1.41. The first-order valence-electron chi connectivity index (χ1n) is 6.28. The number of ether oxygens (including phenoxy) is 1. The molecule has 1 unspecified atom stereocenters. The van der Waals surface area contributed by atoms with E-state index in [4.69, 9.17) is 4.74 Å². The summed E-state index contributed by atoms with van der Waals surface area (Å²) in [5.74, 6) is -0.314. The zero-order valence-corrected chi connectivity index (χ0v) is 12.8. The molecule has 2 heterocycles. The molecule has 1 aliphatic heterocycles. The Kier molecular flexibility index (Phi) is 5.13. The second-order valence-electron chi connectivity index (χ2n) is 4.02. The molecule has 0 saturated carbocycles. The molecule has 1 N–H and O–H groups in total. The molecule has 1 atom stereocenters. The molecule has 1 aromatic heterocycles. The number of carbonyl (C=O) groups is 2. The fourth-order valence-corrected chi connectivity index (χ4v) is 3.25. The van der Waals surface area contributed by atoms with Gasteiger partial charge in [0.05, 0.1) is 24.0 Å². The van der Waals surface area contributed by atoms with Crippen molar-refractivity contribution >= 4 is 45.3 Å². The number of hydrogen-bond donors (Lipinski definition) is 1. The summed E-state index contributed by atoms with van der Waals surface area (Å²) in [4.78, 5) is 31.4. The molecule has 8 heteroatoms. The lowest BCUT2D eigenvalue weighted by Crippen LogP contribution is -2.24. The predicted octanol–water partition coefficient (Wildman–Crippen LogP) is 1.88. The third-order valence-corrected chi connectivity index (χ3v) is 4.55. The lowest BCUT2D eigenvalue weighted by atomic mass is 10.3. The average molecular weight is 313 g/mol. The van der Waals surface area contributed by atoms with E-state index < -0.39 is 0 Å². The Labute approximate surface area is 125 Å². The van der Waals surface area contributed by atoms with Crippen molar-refractivity contribution in [1.82, 2.24) is 10.3 Å². The third kappa shape index (κ3) is 3.80. The van der Waals surface area contributed by atoms with Gasteiger partial charge in [0.1, 0.15) is 0 Å². The number of carbonyl (C=O) groups excluding carboxylic acids is 2. The summed E-state index contributed by atoms with van der Waals surface area (Å²) in [6.07, 6.45) is 0.910. The van der Waals surface area contributed by atoms with Crippen LogP contribution in [0.1, 0.15) is 26.0 Å². The molecule has 0 aliphatic carbocycles. The van der Waals surface area contributed by atoms with Gasteiger partial charge in [0, 0.05) is 5.38 Å². The van der Waals surface area contributed by atoms with E-state index in [0.717, 1.165) is 6.42 Å². The largest absolute Gasteiger partial charge is 0.466 e. The van der Waals surface area contributed by atoms with E-state index in [9.17, 15) is 9.59 Å². The second-order valence-corrected chi connectivity index (χ2v) is 6.05. The summed E-state index contributed by atoms with van der Waals surface area (Å²) >= 11 is 2.74. The molecule has 0 bridgehead atoms. The average Bonchev–Trinajstić information content (AvgIpc) is 2.97. The van der Waals surface area contributed by atoms with Crippen molar-refractivity contribution in [1.29, 1.82) is 0 Å². The van der Waals surface area contributed by atoms with Crippen LogP contribution in [0.3, 0.4) is 0 Å². The highest BCUT2D eigenvalue weighted by atomic mass is 32.2. The zero-order chi connectivity index (χ0) is 14.5. The zero-order valence-electron chi connectivity index (χ0n) is 11.2. The van der Waals surface area contributed by atoms with Gasteiger partial charge < -0.3 is 10.1 Å². The van der Waals surface area contributed by atoms with Crippen molar-refractivity contribution in [2.45, 2.75) is 31.9 Å². The number of esters is 1. The van der Waals surface area contributed by atoms with E-state index in [0.29, 0.717) is 22.6 Å². The Morgan fingerprint density at radius 2 is 2.35 bits per heavy atom. The van der Waals surface area contributed by atoms with Crippen molar-refractivity contribution in [3.63, 3.8) is 0 Å². The van der Waals surface area contributed by atoms with Gasteiger partial charge in [0.25, 0.3) is 0 Å². The summed E-state index contributed by atoms with van der Waals surface area (Å²) in [5.41, 5.74) is 0.633. The van der Waals surface area contributed by atoms with Crippen LogP contribution < -0.4 is 5.32 Å². The maximum absolute atomic E-state index is 11.5. The van der Waals surface area contributed by atoms with Gasteiger partial charge in [-0.05, 0) is 13.3 Å². The fraction of sp³-hybridized carbons (Fsp3) is 0.500. The molecule has 1 aliphatic rings. The number of amidine groups is 1. The van der Waals surface area contributed by atoms with Crippen LogP contribution in [0.5, 0.6) is 0 Å². The first kappa shape index (κ1) is 15.0. The molecule has 1 saturated heterocycles. The summed E-state index contributed by atoms with van der Waals surface area (Å²) in [7, 11) is 0. The van der Waals surface area contributed by atoms with Crippen molar-refractivity contribution in [2.24, 2.45) is 4.99 Å². The highest BCUT2D eigenvalue weighted by Gasteiger charge is 2.28. The summed E-state index contributed by atoms with van der Waals surface area (Å²) in [5, 5.41) is 5.52. The summed E-state index contributed by atoms with van der Waals surface area (Å²) < 4.78 is 4.86. The molecule has 6 nitrogen and oxygen atoms in total. The number of nitrogens with zero attached hydrogens (tertiary/aromatic N) is 2. The lowest BCUT2D eigenvalue weighted by molar-refractivity contribution is -0.142. The predicted molar refractivity (Wildman–Crippen MR) is 79.4 cm³/mol. The molecule has 0 aromatic carbocycles. The highest BCUT2D eigenvalue weighted by molar-refractivity contribution is 8.15. The number of aliphatic imine (C=N–C) groups is 1. The lowest BCUT2D eigenvalue weighted by Gasteiger charge is -1.97. The summed E-state index contributed by atoms with van der Waals surface area (Å²) in [6.45, 7) is 4.08. The van der Waals surface area contributed by atoms with Crippen LogP contribution in [0.25, 0.3) is 0 Å². The minimum Gasteiger partial charge on any atom is -0.466 e. The van der Waals surface area contributed by atoms with E-state index in [1.54, 1.807) is 12.3 Å². The number of thioether (sulfide) groups is 1. The van der Waals surface area contributed by atoms with Gasteiger partial charge in [0.15, 0.2) is 5.17 Å². The molecular weight excluding hydrogens is 298 g/mol. The Morgan fingerprint density at radius 3 is 3.00 bits per heavy atom. The Morgan fingerprint density at radius 1 is 1.55 bits per heavy atom. The normalized spacial score (nSPS) is 20.2. The van der Waals surface area contributed by atoms with Gasteiger partial charge >= 0.3 is 5.97 Å². The Bertz CT molecular complexity index is 542. The Balaban J connectivity index is 1.99. The van der Waals surface area contributed by atoms with Gasteiger partial charge in [-0.3, -0.25) is 9.59 Å². The topological polar surface area (TPSA) is 80.6 Å². The molecule has 2 rings (SSSR count). The van der Waals surface area contributed by atoms with Crippen LogP contribution in [0.4, 0.5) is 5.13 Å². The quantitative estimate of drug-likeness (QED) is 0.839. The van der Waals surface area contributed by atoms with Crippen LogP contribution in [0.2, 0.25) is 0 Å². The van der Waals surface area contributed by atoms with Gasteiger partial charge in [-0.2, -0.15) is 4.99 Å². The number of thiazole rings is 1. The van der Waals surface area contributed by atoms with Gasteiger partial charge in [-0.15, -0.1) is 11.3 Å². The number of hydrogen-bond acceptors (Lipinski definition) is 7. The van der Waals surface area contributed by atoms with E-state index in [1.807, 2.05) is 6.92 Å². The van der Waals surface area contributed by atoms with Crippen LogP contribution in [-0.2, 0) is 20.7 Å².